The first-order valence-electron chi connectivity index (χ1n) is 4.06. The molecule has 0 atom stereocenters. The van der Waals surface area contributed by atoms with Gasteiger partial charge >= 0.3 is 5.97 Å². The molecule has 0 bridgehead atoms. The van der Waals surface area contributed by atoms with Gasteiger partial charge in [-0.1, -0.05) is 12.6 Å². The van der Waals surface area contributed by atoms with Crippen LogP contribution in [0.1, 0.15) is 4.88 Å². The van der Waals surface area contributed by atoms with Crippen LogP contribution in [-0.4, -0.2) is 41.3 Å². The topological polar surface area (TPSA) is 155 Å². The third-order valence-corrected chi connectivity index (χ3v) is 2.15. The van der Waals surface area contributed by atoms with E-state index in [1.165, 1.54) is 0 Å². The van der Waals surface area contributed by atoms with Gasteiger partial charge in [0.2, 0.25) is 0 Å². The zero-order valence-electron chi connectivity index (χ0n) is 9.58. The van der Waals surface area contributed by atoms with E-state index >= 15 is 0 Å². The van der Waals surface area contributed by atoms with Crippen LogP contribution in [0.4, 0.5) is 0 Å². The summed E-state index contributed by atoms with van der Waals surface area (Å²) in [5, 5.41) is 10.4. The highest BCUT2D eigenvalue weighted by atomic mass is 32.2. The van der Waals surface area contributed by atoms with Gasteiger partial charge in [-0.15, -0.1) is 11.3 Å². The van der Waals surface area contributed by atoms with Crippen LogP contribution < -0.4 is 0 Å². The molecule has 0 amide bonds. The zero-order valence-corrected chi connectivity index (χ0v) is 11.2. The summed E-state index contributed by atoms with van der Waals surface area (Å²) < 4.78 is 25.9. The van der Waals surface area contributed by atoms with E-state index in [2.05, 4.69) is 6.58 Å². The Morgan fingerprint density at radius 2 is 1.89 bits per heavy atom. The molecule has 106 valence electrons. The first kappa shape index (κ1) is 22.0. The fourth-order valence-corrected chi connectivity index (χ4v) is 1.45. The lowest BCUT2D eigenvalue weighted by Gasteiger charge is -1.94. The lowest BCUT2D eigenvalue weighted by Crippen LogP contribution is -2.00. The molecular weight excluding hydrogens is 284 g/mol. The highest BCUT2D eigenvalue weighted by molar-refractivity contribution is 7.85. The van der Waals surface area contributed by atoms with Crippen molar-refractivity contribution in [1.82, 2.24) is 0 Å². The summed E-state index contributed by atoms with van der Waals surface area (Å²) in [6, 6.07) is 3.80. The summed E-state index contributed by atoms with van der Waals surface area (Å²) >= 11 is 1.54. The molecule has 0 aromatic carbocycles. The lowest BCUT2D eigenvalue weighted by atomic mass is 10.2. The van der Waals surface area contributed by atoms with Crippen LogP contribution >= 0.6 is 11.3 Å². The van der Waals surface area contributed by atoms with Crippen molar-refractivity contribution in [1.29, 1.82) is 0 Å². The monoisotopic (exact) mass is 300 g/mol. The number of aliphatic carboxylic acids is 1. The van der Waals surface area contributed by atoms with Crippen molar-refractivity contribution in [2.45, 2.75) is 6.42 Å². The molecule has 0 unspecified atom stereocenters. The molecule has 0 saturated heterocycles. The summed E-state index contributed by atoms with van der Waals surface area (Å²) in [6.45, 7) is 3.44. The number of rotatable bonds is 3. The summed E-state index contributed by atoms with van der Waals surface area (Å²) in [7, 11) is -3.67. The van der Waals surface area contributed by atoms with E-state index in [4.69, 9.17) is 9.66 Å². The Morgan fingerprint density at radius 1 is 1.44 bits per heavy atom. The Kier molecular flexibility index (Phi) is 11.9. The molecule has 1 aromatic rings. The predicted octanol–water partition coefficient (Wildman–Crippen LogP) is -0.214. The number of carbonyl (C=O) groups is 1. The molecule has 1 heterocycles. The first-order chi connectivity index (χ1) is 7.20. The van der Waals surface area contributed by atoms with E-state index in [0.29, 0.717) is 12.7 Å². The van der Waals surface area contributed by atoms with Crippen molar-refractivity contribution in [3.63, 3.8) is 0 Å². The van der Waals surface area contributed by atoms with Gasteiger partial charge < -0.3 is 16.1 Å². The normalized spacial score (nSPS) is 9.00. The van der Waals surface area contributed by atoms with Crippen molar-refractivity contribution in [2.24, 2.45) is 0 Å². The van der Waals surface area contributed by atoms with Gasteiger partial charge in [-0.25, -0.2) is 4.79 Å². The molecular formula is C9H16O7S2. The lowest BCUT2D eigenvalue weighted by molar-refractivity contribution is -0.132. The van der Waals surface area contributed by atoms with Gasteiger partial charge in [0, 0.05) is 16.9 Å². The van der Waals surface area contributed by atoms with Gasteiger partial charge in [-0.2, -0.15) is 8.42 Å². The molecule has 0 aliphatic rings. The van der Waals surface area contributed by atoms with Crippen LogP contribution in [0.3, 0.4) is 0 Å². The second-order valence-electron chi connectivity index (χ2n) is 2.90. The second kappa shape index (κ2) is 9.74. The fourth-order valence-electron chi connectivity index (χ4n) is 0.699. The number of hydrogen-bond acceptors (Lipinski definition) is 4. The third-order valence-electron chi connectivity index (χ3n) is 1.27. The highest BCUT2D eigenvalue weighted by Crippen LogP contribution is 2.12. The van der Waals surface area contributed by atoms with Gasteiger partial charge in [0.25, 0.3) is 10.1 Å². The highest BCUT2D eigenvalue weighted by Gasteiger charge is 2.04. The van der Waals surface area contributed by atoms with Crippen molar-refractivity contribution < 1.29 is 33.8 Å². The van der Waals surface area contributed by atoms with Gasteiger partial charge in [0.05, 0.1) is 6.26 Å². The van der Waals surface area contributed by atoms with E-state index in [1.807, 2.05) is 17.5 Å². The molecule has 0 saturated carbocycles. The Morgan fingerprint density at radius 3 is 2.17 bits per heavy atom. The van der Waals surface area contributed by atoms with Crippen molar-refractivity contribution >= 4 is 27.4 Å². The van der Waals surface area contributed by atoms with Crippen molar-refractivity contribution in [3.8, 4) is 0 Å². The van der Waals surface area contributed by atoms with Gasteiger partial charge in [-0.05, 0) is 11.4 Å². The minimum atomic E-state index is -3.67. The van der Waals surface area contributed by atoms with E-state index in [1.54, 1.807) is 11.3 Å². The third kappa shape index (κ3) is 14.7. The minimum absolute atomic E-state index is 0. The quantitative estimate of drug-likeness (QED) is 0.583. The maximum absolute atomic E-state index is 10.3. The standard InChI is InChI=1S/C8H8O2S.CH4O3S.2H2O/c1-6(8(9)10)5-7-3-2-4-11-7;1-5(2,3)4;;/h2-4H,1,5H2,(H,9,10);1H3,(H,2,3,4);2*1H2. The van der Waals surface area contributed by atoms with E-state index in [9.17, 15) is 13.2 Å². The molecule has 1 aromatic heterocycles. The average molecular weight is 300 g/mol. The van der Waals surface area contributed by atoms with Crippen LogP contribution in [0.2, 0.25) is 0 Å². The molecule has 0 fully saturated rings. The molecule has 0 spiro atoms. The van der Waals surface area contributed by atoms with Crippen LogP contribution in [0.5, 0.6) is 0 Å². The molecule has 0 aliphatic heterocycles. The van der Waals surface area contributed by atoms with Crippen LogP contribution in [0, 0.1) is 0 Å². The number of carboxylic acid groups (broad SMARTS) is 1. The Hall–Kier alpha value is -1.26. The zero-order chi connectivity index (χ0) is 12.8. The van der Waals surface area contributed by atoms with E-state index in [-0.39, 0.29) is 16.5 Å². The van der Waals surface area contributed by atoms with E-state index < -0.39 is 16.1 Å². The molecule has 9 heteroatoms. The molecule has 0 aliphatic carbocycles. The Labute approximate surface area is 109 Å². The smallest absolute Gasteiger partial charge is 0.331 e. The molecule has 0 radical (unpaired) electrons. The first-order valence-corrected chi connectivity index (χ1v) is 6.79. The predicted molar refractivity (Wildman–Crippen MR) is 69.5 cm³/mol. The Bertz CT molecular complexity index is 439. The molecule has 7 nitrogen and oxygen atoms in total. The van der Waals surface area contributed by atoms with Gasteiger partial charge in [0.1, 0.15) is 0 Å². The van der Waals surface area contributed by atoms with Gasteiger partial charge in [0.15, 0.2) is 0 Å². The second-order valence-corrected chi connectivity index (χ2v) is 5.40. The molecule has 18 heavy (non-hydrogen) atoms. The summed E-state index contributed by atoms with van der Waals surface area (Å²) in [6.07, 6.45) is 1.17. The van der Waals surface area contributed by atoms with Crippen LogP contribution in [0.15, 0.2) is 29.7 Å². The van der Waals surface area contributed by atoms with Crippen molar-refractivity contribution in [2.75, 3.05) is 6.26 Å². The summed E-state index contributed by atoms with van der Waals surface area (Å²) in [5.41, 5.74) is 0.243. The average Bonchev–Trinajstić information content (AvgIpc) is 2.53. The maximum atomic E-state index is 10.3. The Balaban J connectivity index is -0.000000282. The molecule has 1 rings (SSSR count). The molecule has 6 N–H and O–H groups in total. The van der Waals surface area contributed by atoms with Gasteiger partial charge in [-0.3, -0.25) is 4.55 Å². The summed E-state index contributed by atoms with van der Waals surface area (Å²) in [5.74, 6) is -0.918. The maximum Gasteiger partial charge on any atom is 0.331 e. The SMILES string of the molecule is C=C(Cc1cccs1)C(=O)O.CS(=O)(=O)O.O.O. The summed E-state index contributed by atoms with van der Waals surface area (Å²) in [4.78, 5) is 11.4. The number of thiophene rings is 1. The number of carboxylic acids is 1. The largest absolute Gasteiger partial charge is 0.478 e. The van der Waals surface area contributed by atoms with Crippen molar-refractivity contribution in [3.05, 3.63) is 34.5 Å². The minimum Gasteiger partial charge on any atom is -0.478 e. The van der Waals surface area contributed by atoms with E-state index in [0.717, 1.165) is 4.88 Å². The van der Waals surface area contributed by atoms with Crippen LogP contribution in [0.25, 0.3) is 0 Å². The van der Waals surface area contributed by atoms with Crippen LogP contribution in [-0.2, 0) is 21.3 Å². The fraction of sp³-hybridized carbons (Fsp3) is 0.222. The number of hydrogen-bond donors (Lipinski definition) is 2.